The molecule has 5 nitrogen and oxygen atoms in total. The number of rotatable bonds is 7. The molecule has 0 amide bonds. The van der Waals surface area contributed by atoms with Gasteiger partial charge in [-0.25, -0.2) is 9.79 Å². The van der Waals surface area contributed by atoms with E-state index >= 15 is 0 Å². The van der Waals surface area contributed by atoms with Crippen LogP contribution in [0.3, 0.4) is 0 Å². The van der Waals surface area contributed by atoms with Crippen molar-refractivity contribution in [2.24, 2.45) is 4.99 Å². The maximum atomic E-state index is 12.4. The summed E-state index contributed by atoms with van der Waals surface area (Å²) in [6.07, 6.45) is 1.57. The van der Waals surface area contributed by atoms with Crippen LogP contribution in [0.15, 0.2) is 71.4 Å². The average molecular weight is 503 g/mol. The van der Waals surface area contributed by atoms with E-state index in [1.165, 1.54) is 0 Å². The third-order valence-corrected chi connectivity index (χ3v) is 5.67. The number of carbonyl (C=O) groups is 1. The van der Waals surface area contributed by atoms with Crippen LogP contribution in [-0.4, -0.2) is 18.5 Å². The highest BCUT2D eigenvalue weighted by atomic mass is 35.5. The first-order valence-corrected chi connectivity index (χ1v) is 11.2. The van der Waals surface area contributed by atoms with E-state index in [-0.39, 0.29) is 11.6 Å². The van der Waals surface area contributed by atoms with Crippen LogP contribution in [0.2, 0.25) is 15.1 Å². The fourth-order valence-corrected chi connectivity index (χ4v) is 3.70. The van der Waals surface area contributed by atoms with Crippen LogP contribution < -0.4 is 9.47 Å². The fraction of sp³-hybridized carbons (Fsp3) is 0.120. The Hall–Kier alpha value is -2.99. The lowest BCUT2D eigenvalue weighted by Gasteiger charge is -2.14. The SMILES string of the molecule is CCOc1cc(/C=C2\N=C(c3ccc(Cl)c(Cl)c3)OC2=O)cc(Cl)c1OCc1ccccc1. The lowest BCUT2D eigenvalue weighted by molar-refractivity contribution is -0.129. The third-order valence-electron chi connectivity index (χ3n) is 4.65. The molecule has 0 bridgehead atoms. The second kappa shape index (κ2) is 10.3. The second-order valence-corrected chi connectivity index (χ2v) is 8.22. The Morgan fingerprint density at radius 1 is 0.939 bits per heavy atom. The molecular weight excluding hydrogens is 485 g/mol. The summed E-state index contributed by atoms with van der Waals surface area (Å²) in [4.78, 5) is 16.7. The van der Waals surface area contributed by atoms with E-state index in [0.717, 1.165) is 5.56 Å². The van der Waals surface area contributed by atoms with Gasteiger partial charge < -0.3 is 14.2 Å². The minimum atomic E-state index is -0.588. The Kier molecular flexibility index (Phi) is 7.23. The molecule has 4 rings (SSSR count). The van der Waals surface area contributed by atoms with Crippen molar-refractivity contribution in [2.45, 2.75) is 13.5 Å². The number of esters is 1. The molecule has 3 aromatic carbocycles. The van der Waals surface area contributed by atoms with Gasteiger partial charge in [-0.3, -0.25) is 0 Å². The molecule has 3 aromatic rings. The highest BCUT2D eigenvalue weighted by Gasteiger charge is 2.25. The van der Waals surface area contributed by atoms with Crippen molar-refractivity contribution < 1.29 is 19.0 Å². The first kappa shape index (κ1) is 23.2. The molecule has 33 heavy (non-hydrogen) atoms. The van der Waals surface area contributed by atoms with Gasteiger partial charge in [0.15, 0.2) is 17.2 Å². The van der Waals surface area contributed by atoms with Gasteiger partial charge in [0.1, 0.15) is 6.61 Å². The van der Waals surface area contributed by atoms with Crippen LogP contribution in [0.4, 0.5) is 0 Å². The number of hydrogen-bond acceptors (Lipinski definition) is 5. The van der Waals surface area contributed by atoms with Gasteiger partial charge in [0.25, 0.3) is 0 Å². The fourth-order valence-electron chi connectivity index (χ4n) is 3.12. The molecule has 8 heteroatoms. The summed E-state index contributed by atoms with van der Waals surface area (Å²) in [5, 5.41) is 1.09. The van der Waals surface area contributed by atoms with Crippen molar-refractivity contribution in [3.8, 4) is 11.5 Å². The van der Waals surface area contributed by atoms with Gasteiger partial charge in [-0.05, 0) is 54.5 Å². The Morgan fingerprint density at radius 2 is 1.73 bits per heavy atom. The van der Waals surface area contributed by atoms with Crippen molar-refractivity contribution in [2.75, 3.05) is 6.61 Å². The molecular formula is C25H18Cl3NO4. The summed E-state index contributed by atoms with van der Waals surface area (Å²) < 4.78 is 17.0. The predicted octanol–water partition coefficient (Wildman–Crippen LogP) is 6.97. The minimum absolute atomic E-state index is 0.118. The van der Waals surface area contributed by atoms with Crippen molar-refractivity contribution in [3.05, 3.63) is 98.1 Å². The van der Waals surface area contributed by atoms with Gasteiger partial charge in [0, 0.05) is 5.56 Å². The van der Waals surface area contributed by atoms with Crippen molar-refractivity contribution in [3.63, 3.8) is 0 Å². The second-order valence-electron chi connectivity index (χ2n) is 7.00. The Morgan fingerprint density at radius 3 is 2.45 bits per heavy atom. The molecule has 1 aliphatic rings. The monoisotopic (exact) mass is 501 g/mol. The normalized spacial score (nSPS) is 14.2. The van der Waals surface area contributed by atoms with Gasteiger partial charge in [0.05, 0.1) is 21.7 Å². The molecule has 0 fully saturated rings. The zero-order chi connectivity index (χ0) is 23.4. The standard InChI is InChI=1S/C25H18Cl3NO4/c1-2-31-22-12-16(10-20(28)23(22)32-14-15-6-4-3-5-7-15)11-21-25(30)33-24(29-21)17-8-9-18(26)19(27)13-17/h3-13H,2,14H2,1H3/b21-11-. The topological polar surface area (TPSA) is 57.1 Å². The summed E-state index contributed by atoms with van der Waals surface area (Å²) in [7, 11) is 0. The third kappa shape index (κ3) is 5.50. The first-order chi connectivity index (χ1) is 15.9. The number of halogens is 3. The Balaban J connectivity index is 1.62. The van der Waals surface area contributed by atoms with Gasteiger partial charge in [-0.2, -0.15) is 0 Å². The summed E-state index contributed by atoms with van der Waals surface area (Å²) in [5.74, 6) is 0.449. The number of ether oxygens (including phenoxy) is 3. The van der Waals surface area contributed by atoms with E-state index in [9.17, 15) is 4.79 Å². The molecule has 0 N–H and O–H groups in total. The highest BCUT2D eigenvalue weighted by Crippen LogP contribution is 2.38. The summed E-state index contributed by atoms with van der Waals surface area (Å²) >= 11 is 18.5. The van der Waals surface area contributed by atoms with Crippen LogP contribution in [0.25, 0.3) is 6.08 Å². The lowest BCUT2D eigenvalue weighted by Crippen LogP contribution is -2.05. The van der Waals surface area contributed by atoms with E-state index in [0.29, 0.717) is 50.9 Å². The maximum absolute atomic E-state index is 12.4. The van der Waals surface area contributed by atoms with E-state index in [2.05, 4.69) is 4.99 Å². The Bertz CT molecular complexity index is 1260. The van der Waals surface area contributed by atoms with Crippen molar-refractivity contribution in [1.29, 1.82) is 0 Å². The molecule has 0 aromatic heterocycles. The van der Waals surface area contributed by atoms with Gasteiger partial charge >= 0.3 is 5.97 Å². The number of carbonyl (C=O) groups excluding carboxylic acids is 1. The van der Waals surface area contributed by atoms with E-state index < -0.39 is 5.97 Å². The number of cyclic esters (lactones) is 1. The summed E-state index contributed by atoms with van der Waals surface area (Å²) in [5.41, 5.74) is 2.27. The lowest BCUT2D eigenvalue weighted by atomic mass is 10.1. The largest absolute Gasteiger partial charge is 0.490 e. The number of aliphatic imine (C=N–C) groups is 1. The van der Waals surface area contributed by atoms with Gasteiger partial charge in [-0.15, -0.1) is 0 Å². The molecule has 0 saturated heterocycles. The Labute approximate surface area is 206 Å². The van der Waals surface area contributed by atoms with Crippen LogP contribution in [0.5, 0.6) is 11.5 Å². The molecule has 0 spiro atoms. The molecule has 168 valence electrons. The zero-order valence-electron chi connectivity index (χ0n) is 17.5. The number of hydrogen-bond donors (Lipinski definition) is 0. The van der Waals surface area contributed by atoms with E-state index in [1.54, 1.807) is 36.4 Å². The average Bonchev–Trinajstić information content (AvgIpc) is 3.16. The summed E-state index contributed by atoms with van der Waals surface area (Å²) in [6.45, 7) is 2.62. The highest BCUT2D eigenvalue weighted by molar-refractivity contribution is 6.42. The smallest absolute Gasteiger partial charge is 0.363 e. The first-order valence-electron chi connectivity index (χ1n) is 10.1. The number of nitrogens with zero attached hydrogens (tertiary/aromatic N) is 1. The van der Waals surface area contributed by atoms with Gasteiger partial charge in [0.2, 0.25) is 5.90 Å². The minimum Gasteiger partial charge on any atom is -0.490 e. The maximum Gasteiger partial charge on any atom is 0.363 e. The molecule has 0 radical (unpaired) electrons. The van der Waals surface area contributed by atoms with Crippen LogP contribution in [0.1, 0.15) is 23.6 Å². The molecule has 0 aliphatic carbocycles. The molecule has 1 aliphatic heterocycles. The molecule has 0 saturated carbocycles. The van der Waals surface area contributed by atoms with Crippen LogP contribution in [0, 0.1) is 0 Å². The summed E-state index contributed by atoms with van der Waals surface area (Å²) in [6, 6.07) is 18.0. The van der Waals surface area contributed by atoms with E-state index in [4.69, 9.17) is 49.0 Å². The molecule has 0 unspecified atom stereocenters. The molecule has 1 heterocycles. The molecule has 0 atom stereocenters. The van der Waals surface area contributed by atoms with Crippen LogP contribution in [-0.2, 0) is 16.1 Å². The number of benzene rings is 3. The van der Waals surface area contributed by atoms with Crippen molar-refractivity contribution >= 4 is 52.7 Å². The van der Waals surface area contributed by atoms with E-state index in [1.807, 2.05) is 37.3 Å². The van der Waals surface area contributed by atoms with Crippen molar-refractivity contribution in [1.82, 2.24) is 0 Å². The quantitative estimate of drug-likeness (QED) is 0.259. The predicted molar refractivity (Wildman–Crippen MR) is 130 cm³/mol. The zero-order valence-corrected chi connectivity index (χ0v) is 19.7. The van der Waals surface area contributed by atoms with Gasteiger partial charge in [-0.1, -0.05) is 65.1 Å². The van der Waals surface area contributed by atoms with Crippen LogP contribution >= 0.6 is 34.8 Å².